The minimum absolute atomic E-state index is 0.476. The van der Waals surface area contributed by atoms with E-state index < -0.39 is 8.25 Å². The van der Waals surface area contributed by atoms with Gasteiger partial charge in [-0.15, -0.1) is 10.0 Å². The maximum absolute atomic E-state index is 11.1. The molecule has 0 aromatic carbocycles. The third-order valence-corrected chi connectivity index (χ3v) is 3.13. The first-order valence-corrected chi connectivity index (χ1v) is 7.34. The summed E-state index contributed by atoms with van der Waals surface area (Å²) in [5.74, 6) is 0.592. The Morgan fingerprint density at radius 2 is 2.00 bits per heavy atom. The van der Waals surface area contributed by atoms with E-state index in [1.165, 1.54) is 19.3 Å². The molecule has 2 atom stereocenters. The number of rotatable bonds is 11. The standard InChI is InChI=1S/C11H25NO3P/c1-4-7-8-11(6-3)10-12-15-16(13)14-9-5-2/h11-12H,4-10H2,1-3H3/q+1. The van der Waals surface area contributed by atoms with Crippen LogP contribution in [0.25, 0.3) is 0 Å². The fourth-order valence-electron chi connectivity index (χ4n) is 1.34. The molecule has 0 fully saturated rings. The highest BCUT2D eigenvalue weighted by Gasteiger charge is 2.20. The molecule has 4 nitrogen and oxygen atoms in total. The van der Waals surface area contributed by atoms with Crippen molar-refractivity contribution in [1.29, 1.82) is 0 Å². The highest BCUT2D eigenvalue weighted by atomic mass is 31.1. The molecule has 0 heterocycles. The summed E-state index contributed by atoms with van der Waals surface area (Å²) in [6, 6.07) is 0. The molecule has 5 heteroatoms. The van der Waals surface area contributed by atoms with Gasteiger partial charge in [-0.25, -0.2) is 0 Å². The van der Waals surface area contributed by atoms with Crippen LogP contribution in [0.15, 0.2) is 0 Å². The summed E-state index contributed by atoms with van der Waals surface area (Å²) in [6.45, 7) is 7.53. The average molecular weight is 250 g/mol. The zero-order valence-corrected chi connectivity index (χ0v) is 11.6. The van der Waals surface area contributed by atoms with Crippen LogP contribution in [0.4, 0.5) is 0 Å². The Hall–Kier alpha value is -0.0200. The van der Waals surface area contributed by atoms with Crippen LogP contribution in [0.5, 0.6) is 0 Å². The lowest BCUT2D eigenvalue weighted by Gasteiger charge is -2.11. The van der Waals surface area contributed by atoms with Gasteiger partial charge in [-0.05, 0) is 23.4 Å². The molecular weight excluding hydrogens is 225 g/mol. The van der Waals surface area contributed by atoms with Crippen molar-refractivity contribution >= 4 is 8.25 Å². The van der Waals surface area contributed by atoms with E-state index in [0.717, 1.165) is 19.4 Å². The summed E-state index contributed by atoms with van der Waals surface area (Å²) in [5.41, 5.74) is 2.75. The monoisotopic (exact) mass is 250 g/mol. The second kappa shape index (κ2) is 11.5. The number of hydrogen-bond acceptors (Lipinski definition) is 4. The largest absolute Gasteiger partial charge is 0.716 e. The smallest absolute Gasteiger partial charge is 0.149 e. The fraction of sp³-hybridized carbons (Fsp3) is 1.00. The van der Waals surface area contributed by atoms with E-state index in [0.29, 0.717) is 12.5 Å². The van der Waals surface area contributed by atoms with Crippen molar-refractivity contribution in [1.82, 2.24) is 5.48 Å². The maximum Gasteiger partial charge on any atom is 0.716 e. The number of unbranched alkanes of at least 4 members (excludes halogenated alkanes) is 1. The van der Waals surface area contributed by atoms with Gasteiger partial charge in [0.05, 0.1) is 0 Å². The van der Waals surface area contributed by atoms with Crippen molar-refractivity contribution < 1.29 is 13.7 Å². The van der Waals surface area contributed by atoms with Gasteiger partial charge in [-0.1, -0.05) is 40.0 Å². The van der Waals surface area contributed by atoms with Crippen LogP contribution < -0.4 is 5.48 Å². The fourth-order valence-corrected chi connectivity index (χ4v) is 1.91. The molecule has 0 aromatic rings. The maximum atomic E-state index is 11.1. The molecule has 0 saturated heterocycles. The molecule has 0 aromatic heterocycles. The quantitative estimate of drug-likeness (QED) is 0.447. The van der Waals surface area contributed by atoms with Crippen LogP contribution >= 0.6 is 8.25 Å². The molecule has 0 saturated carbocycles. The minimum Gasteiger partial charge on any atom is -0.149 e. The molecule has 0 spiro atoms. The molecule has 0 rings (SSSR count). The van der Waals surface area contributed by atoms with Crippen LogP contribution in [0.2, 0.25) is 0 Å². The minimum atomic E-state index is -2.00. The Balaban J connectivity index is 3.49. The van der Waals surface area contributed by atoms with Crippen molar-refractivity contribution in [2.45, 2.75) is 52.9 Å². The van der Waals surface area contributed by atoms with E-state index in [1.807, 2.05) is 6.92 Å². The van der Waals surface area contributed by atoms with Crippen molar-refractivity contribution in [2.75, 3.05) is 13.2 Å². The van der Waals surface area contributed by atoms with Crippen LogP contribution in [0, 0.1) is 5.92 Å². The molecule has 0 aliphatic carbocycles. The van der Waals surface area contributed by atoms with Gasteiger partial charge >= 0.3 is 8.25 Å². The highest BCUT2D eigenvalue weighted by Crippen LogP contribution is 2.22. The summed E-state index contributed by atoms with van der Waals surface area (Å²) in [7, 11) is -2.00. The molecule has 2 unspecified atom stereocenters. The molecule has 0 radical (unpaired) electrons. The third kappa shape index (κ3) is 9.22. The Kier molecular flexibility index (Phi) is 11.5. The molecule has 96 valence electrons. The Morgan fingerprint density at radius 3 is 2.56 bits per heavy atom. The van der Waals surface area contributed by atoms with Crippen LogP contribution in [-0.2, 0) is 13.7 Å². The van der Waals surface area contributed by atoms with Gasteiger partial charge in [-0.3, -0.25) is 0 Å². The Bertz CT molecular complexity index is 179. The number of hydroxylamine groups is 1. The third-order valence-electron chi connectivity index (χ3n) is 2.46. The predicted molar refractivity (Wildman–Crippen MR) is 66.2 cm³/mol. The topological polar surface area (TPSA) is 47.6 Å². The lowest BCUT2D eigenvalue weighted by molar-refractivity contribution is 0.141. The van der Waals surface area contributed by atoms with E-state index in [1.54, 1.807) is 0 Å². The van der Waals surface area contributed by atoms with E-state index in [9.17, 15) is 4.57 Å². The van der Waals surface area contributed by atoms with Gasteiger partial charge < -0.3 is 0 Å². The molecule has 16 heavy (non-hydrogen) atoms. The normalized spacial score (nSPS) is 13.8. The van der Waals surface area contributed by atoms with Gasteiger partial charge in [0.2, 0.25) is 0 Å². The lowest BCUT2D eigenvalue weighted by atomic mass is 10.00. The van der Waals surface area contributed by atoms with Gasteiger partial charge in [-0.2, -0.15) is 0 Å². The van der Waals surface area contributed by atoms with Gasteiger partial charge in [0.15, 0.2) is 0 Å². The summed E-state index contributed by atoms with van der Waals surface area (Å²) >= 11 is 0. The second-order valence-electron chi connectivity index (χ2n) is 3.91. The number of nitrogens with one attached hydrogen (secondary N) is 1. The first-order valence-electron chi connectivity index (χ1n) is 6.24. The summed E-state index contributed by atoms with van der Waals surface area (Å²) in [5, 5.41) is 0. The zero-order chi connectivity index (χ0) is 12.2. The lowest BCUT2D eigenvalue weighted by Crippen LogP contribution is -2.20. The molecule has 1 N–H and O–H groups in total. The Labute approximate surface area is 100.0 Å². The van der Waals surface area contributed by atoms with Crippen molar-refractivity contribution in [2.24, 2.45) is 5.92 Å². The second-order valence-corrected chi connectivity index (χ2v) is 4.80. The van der Waals surface area contributed by atoms with E-state index >= 15 is 0 Å². The summed E-state index contributed by atoms with van der Waals surface area (Å²) in [6.07, 6.45) is 5.60. The summed E-state index contributed by atoms with van der Waals surface area (Å²) in [4.78, 5) is 0. The SMILES string of the molecule is CCCCC(CC)CNO[P+](=O)OCCC. The van der Waals surface area contributed by atoms with Gasteiger partial charge in [0.25, 0.3) is 0 Å². The van der Waals surface area contributed by atoms with Crippen LogP contribution in [0.1, 0.15) is 52.9 Å². The Morgan fingerprint density at radius 1 is 1.25 bits per heavy atom. The average Bonchev–Trinajstić information content (AvgIpc) is 2.30. The van der Waals surface area contributed by atoms with Crippen molar-refractivity contribution in [3.63, 3.8) is 0 Å². The van der Waals surface area contributed by atoms with Crippen molar-refractivity contribution in [3.05, 3.63) is 0 Å². The van der Waals surface area contributed by atoms with Gasteiger partial charge in [0, 0.05) is 11.1 Å². The van der Waals surface area contributed by atoms with Crippen molar-refractivity contribution in [3.8, 4) is 0 Å². The van der Waals surface area contributed by atoms with Crippen LogP contribution in [-0.4, -0.2) is 13.2 Å². The molecule has 0 aliphatic heterocycles. The highest BCUT2D eigenvalue weighted by molar-refractivity contribution is 7.33. The first kappa shape index (κ1) is 16.0. The van der Waals surface area contributed by atoms with E-state index in [4.69, 9.17) is 9.15 Å². The molecular formula is C11H25NO3P+. The van der Waals surface area contributed by atoms with E-state index in [-0.39, 0.29) is 0 Å². The molecule has 0 bridgehead atoms. The zero-order valence-electron chi connectivity index (χ0n) is 10.7. The molecule has 0 amide bonds. The molecule has 0 aliphatic rings. The summed E-state index contributed by atoms with van der Waals surface area (Å²) < 4.78 is 20.9. The first-order chi connectivity index (χ1) is 7.74. The predicted octanol–water partition coefficient (Wildman–Crippen LogP) is 3.81. The van der Waals surface area contributed by atoms with Crippen LogP contribution in [0.3, 0.4) is 0 Å². The van der Waals surface area contributed by atoms with E-state index in [2.05, 4.69) is 19.3 Å². The number of hydrogen-bond donors (Lipinski definition) is 1. The van der Waals surface area contributed by atoms with Gasteiger partial charge in [0.1, 0.15) is 6.61 Å².